The second kappa shape index (κ2) is 12.3. The van der Waals surface area contributed by atoms with Crippen LogP contribution in [0.2, 0.25) is 0 Å². The molecule has 0 aromatic rings. The van der Waals surface area contributed by atoms with E-state index in [1.54, 1.807) is 14.2 Å². The molecule has 162 valence electrons. The Morgan fingerprint density at radius 2 is 1.78 bits per heavy atom. The fourth-order valence-corrected chi connectivity index (χ4v) is 3.23. The molecule has 0 aromatic heterocycles. The molecule has 27 heavy (non-hydrogen) atoms. The van der Waals surface area contributed by atoms with Gasteiger partial charge in [-0.2, -0.15) is 13.2 Å². The summed E-state index contributed by atoms with van der Waals surface area (Å²) in [7, 11) is 3.43. The molecule has 0 amide bonds. The molecule has 0 aromatic carbocycles. The first-order valence-corrected chi connectivity index (χ1v) is 9.31. The highest BCUT2D eigenvalue weighted by Gasteiger charge is 2.32. The number of piperidine rings is 1. The molecule has 0 spiro atoms. The number of methoxy groups -OCH3 is 1. The van der Waals surface area contributed by atoms with Crippen LogP contribution in [0.15, 0.2) is 4.99 Å². The SMILES string of the molecule is CN=C(NCCC1CCN(CC(F)(F)F)CC1)NCC(OC)C(C)(C)C.I. The molecule has 1 rings (SSSR count). The van der Waals surface area contributed by atoms with Crippen LogP contribution >= 0.6 is 24.0 Å². The molecule has 0 aliphatic carbocycles. The van der Waals surface area contributed by atoms with Crippen LogP contribution in [0.1, 0.15) is 40.0 Å². The first-order chi connectivity index (χ1) is 12.0. The maximum Gasteiger partial charge on any atom is 0.401 e. The second-order valence-corrected chi connectivity index (χ2v) is 8.09. The highest BCUT2D eigenvalue weighted by molar-refractivity contribution is 14.0. The summed E-state index contributed by atoms with van der Waals surface area (Å²) < 4.78 is 42.8. The van der Waals surface area contributed by atoms with Crippen LogP contribution in [0, 0.1) is 11.3 Å². The summed E-state index contributed by atoms with van der Waals surface area (Å²) in [5.41, 5.74) is 0.0327. The fourth-order valence-electron chi connectivity index (χ4n) is 3.23. The summed E-state index contributed by atoms with van der Waals surface area (Å²) in [4.78, 5) is 5.72. The maximum absolute atomic E-state index is 12.4. The molecule has 1 heterocycles. The summed E-state index contributed by atoms with van der Waals surface area (Å²) in [5, 5.41) is 6.56. The molecular weight excluding hydrogens is 472 g/mol. The van der Waals surface area contributed by atoms with Crippen molar-refractivity contribution in [3.63, 3.8) is 0 Å². The van der Waals surface area contributed by atoms with Crippen LogP contribution in [0.4, 0.5) is 13.2 Å². The minimum Gasteiger partial charge on any atom is -0.379 e. The van der Waals surface area contributed by atoms with Gasteiger partial charge in [0.1, 0.15) is 0 Å². The van der Waals surface area contributed by atoms with E-state index in [0.717, 1.165) is 31.8 Å². The lowest BCUT2D eigenvalue weighted by molar-refractivity contribution is -0.148. The molecule has 0 saturated carbocycles. The quantitative estimate of drug-likeness (QED) is 0.314. The molecule has 1 fully saturated rings. The second-order valence-electron chi connectivity index (χ2n) is 8.09. The van der Waals surface area contributed by atoms with E-state index in [1.807, 2.05) is 0 Å². The average Bonchev–Trinajstić information content (AvgIpc) is 2.52. The van der Waals surface area contributed by atoms with Crippen molar-refractivity contribution in [2.75, 3.05) is 46.9 Å². The fraction of sp³-hybridized carbons (Fsp3) is 0.944. The summed E-state index contributed by atoms with van der Waals surface area (Å²) in [6.45, 7) is 8.07. The summed E-state index contributed by atoms with van der Waals surface area (Å²) >= 11 is 0. The van der Waals surface area contributed by atoms with Gasteiger partial charge in [0, 0.05) is 27.2 Å². The van der Waals surface area contributed by atoms with Crippen molar-refractivity contribution in [3.05, 3.63) is 0 Å². The average molecular weight is 508 g/mol. The molecule has 1 saturated heterocycles. The number of alkyl halides is 3. The number of nitrogens with one attached hydrogen (secondary N) is 2. The molecule has 1 atom stereocenters. The van der Waals surface area contributed by atoms with Gasteiger partial charge in [-0.05, 0) is 43.7 Å². The van der Waals surface area contributed by atoms with E-state index in [0.29, 0.717) is 25.6 Å². The molecule has 0 bridgehead atoms. The zero-order chi connectivity index (χ0) is 19.8. The van der Waals surface area contributed by atoms with E-state index in [1.165, 1.54) is 4.90 Å². The summed E-state index contributed by atoms with van der Waals surface area (Å²) in [6, 6.07) is 0. The summed E-state index contributed by atoms with van der Waals surface area (Å²) in [5.74, 6) is 1.19. The molecule has 5 nitrogen and oxygen atoms in total. The van der Waals surface area contributed by atoms with E-state index in [-0.39, 0.29) is 35.5 Å². The Labute approximate surface area is 178 Å². The Balaban J connectivity index is 0.00000676. The Hall–Kier alpha value is -0.290. The number of nitrogens with zero attached hydrogens (tertiary/aromatic N) is 2. The standard InChI is InChI=1S/C18H35F3N4O.HI/c1-17(2,3)15(26-5)12-24-16(22-4)23-9-6-14-7-10-25(11-8-14)13-18(19,20)21;/h14-15H,6-13H2,1-5H3,(H2,22,23,24);1H. The van der Waals surface area contributed by atoms with Gasteiger partial charge in [0.25, 0.3) is 0 Å². The largest absolute Gasteiger partial charge is 0.401 e. The number of aliphatic imine (C=N–C) groups is 1. The van der Waals surface area contributed by atoms with Gasteiger partial charge in [0.15, 0.2) is 5.96 Å². The normalized spacial score (nSPS) is 18.7. The number of halogens is 4. The number of guanidine groups is 1. The van der Waals surface area contributed by atoms with Gasteiger partial charge in [-0.1, -0.05) is 20.8 Å². The Morgan fingerprint density at radius 3 is 2.22 bits per heavy atom. The van der Waals surface area contributed by atoms with E-state index < -0.39 is 12.7 Å². The predicted molar refractivity (Wildman–Crippen MR) is 115 cm³/mol. The lowest BCUT2D eigenvalue weighted by Gasteiger charge is -2.32. The molecule has 1 unspecified atom stereocenters. The van der Waals surface area contributed by atoms with E-state index >= 15 is 0 Å². The van der Waals surface area contributed by atoms with Crippen molar-refractivity contribution in [2.24, 2.45) is 16.3 Å². The van der Waals surface area contributed by atoms with Gasteiger partial charge in [-0.3, -0.25) is 9.89 Å². The maximum atomic E-state index is 12.4. The van der Waals surface area contributed by atoms with Crippen LogP contribution in [-0.2, 0) is 4.74 Å². The molecule has 1 aliphatic rings. The van der Waals surface area contributed by atoms with Crippen molar-refractivity contribution in [3.8, 4) is 0 Å². The van der Waals surface area contributed by atoms with Crippen LogP contribution in [0.3, 0.4) is 0 Å². The van der Waals surface area contributed by atoms with E-state index in [9.17, 15) is 13.2 Å². The number of hydrogen-bond acceptors (Lipinski definition) is 3. The van der Waals surface area contributed by atoms with Gasteiger partial charge in [-0.15, -0.1) is 24.0 Å². The van der Waals surface area contributed by atoms with Crippen LogP contribution in [0.5, 0.6) is 0 Å². The minimum atomic E-state index is -4.10. The van der Waals surface area contributed by atoms with Gasteiger partial charge >= 0.3 is 6.18 Å². The third-order valence-corrected chi connectivity index (χ3v) is 4.88. The van der Waals surface area contributed by atoms with Crippen molar-refractivity contribution in [1.29, 1.82) is 0 Å². The zero-order valence-corrected chi connectivity index (χ0v) is 19.5. The number of rotatable bonds is 7. The van der Waals surface area contributed by atoms with Gasteiger partial charge in [0.2, 0.25) is 0 Å². The predicted octanol–water partition coefficient (Wildman–Crippen LogP) is 3.49. The van der Waals surface area contributed by atoms with E-state index in [4.69, 9.17) is 4.74 Å². The first kappa shape index (κ1) is 26.7. The molecule has 0 radical (unpaired) electrons. The van der Waals surface area contributed by atoms with Crippen molar-refractivity contribution in [2.45, 2.75) is 52.3 Å². The number of ether oxygens (including phenoxy) is 1. The molecule has 1 aliphatic heterocycles. The number of likely N-dealkylation sites (tertiary alicyclic amines) is 1. The Kier molecular flexibility index (Phi) is 12.2. The Morgan fingerprint density at radius 1 is 1.19 bits per heavy atom. The van der Waals surface area contributed by atoms with Crippen LogP contribution in [-0.4, -0.2) is 70.0 Å². The Bertz CT molecular complexity index is 433. The first-order valence-electron chi connectivity index (χ1n) is 9.31. The van der Waals surface area contributed by atoms with Gasteiger partial charge in [0.05, 0.1) is 12.6 Å². The summed E-state index contributed by atoms with van der Waals surface area (Å²) in [6.07, 6.45) is -1.45. The smallest absolute Gasteiger partial charge is 0.379 e. The van der Waals surface area contributed by atoms with Gasteiger partial charge < -0.3 is 15.4 Å². The molecule has 9 heteroatoms. The van der Waals surface area contributed by atoms with Crippen LogP contribution < -0.4 is 10.6 Å². The van der Waals surface area contributed by atoms with Gasteiger partial charge in [-0.25, -0.2) is 0 Å². The van der Waals surface area contributed by atoms with Crippen molar-refractivity contribution in [1.82, 2.24) is 15.5 Å². The highest BCUT2D eigenvalue weighted by atomic mass is 127. The number of hydrogen-bond donors (Lipinski definition) is 2. The third kappa shape index (κ3) is 11.3. The van der Waals surface area contributed by atoms with Crippen molar-refractivity contribution >= 4 is 29.9 Å². The monoisotopic (exact) mass is 508 g/mol. The topological polar surface area (TPSA) is 48.9 Å². The lowest BCUT2D eigenvalue weighted by Crippen LogP contribution is -2.46. The van der Waals surface area contributed by atoms with Crippen LogP contribution in [0.25, 0.3) is 0 Å². The molecular formula is C18H36F3IN4O. The highest BCUT2D eigenvalue weighted by Crippen LogP contribution is 2.24. The third-order valence-electron chi connectivity index (χ3n) is 4.88. The molecule has 2 N–H and O–H groups in total. The zero-order valence-electron chi connectivity index (χ0n) is 17.2. The minimum absolute atomic E-state index is 0. The van der Waals surface area contributed by atoms with E-state index in [2.05, 4.69) is 36.4 Å². The van der Waals surface area contributed by atoms with Crippen molar-refractivity contribution < 1.29 is 17.9 Å². The lowest BCUT2D eigenvalue weighted by atomic mass is 9.89.